The minimum Gasteiger partial charge on any atom is -0.476 e. The Hall–Kier alpha value is -0.440. The van der Waals surface area contributed by atoms with Gasteiger partial charge in [0.05, 0.1) is 5.02 Å². The molecule has 0 fully saturated rings. The van der Waals surface area contributed by atoms with Gasteiger partial charge in [0.15, 0.2) is 0 Å². The largest absolute Gasteiger partial charge is 0.476 e. The van der Waals surface area contributed by atoms with E-state index >= 15 is 0 Å². The Labute approximate surface area is 80.4 Å². The normalized spacial score (nSPS) is 15.2. The molecule has 12 heavy (non-hydrogen) atoms. The Bertz CT molecular complexity index is 314. The summed E-state index contributed by atoms with van der Waals surface area (Å²) in [6, 6.07) is 3.54. The Morgan fingerprint density at radius 1 is 1.33 bits per heavy atom. The summed E-state index contributed by atoms with van der Waals surface area (Å²) in [5.41, 5.74) is 1.01. The standard InChI is InChI=1S/C8H7Cl2NO/c9-6-1-5-3-11-4-12-8(5)7(10)2-6/h1-2,11H,3-4H2. The average molecular weight is 204 g/mol. The molecule has 0 bridgehead atoms. The quantitative estimate of drug-likeness (QED) is 0.700. The van der Waals surface area contributed by atoms with Crippen molar-refractivity contribution in [3.63, 3.8) is 0 Å². The second-order valence-corrected chi connectivity index (χ2v) is 3.43. The number of nitrogens with one attached hydrogen (secondary N) is 1. The SMILES string of the molecule is Clc1cc(Cl)c2c(c1)CNCO2. The lowest BCUT2D eigenvalue weighted by Crippen LogP contribution is -2.25. The first-order valence-corrected chi connectivity index (χ1v) is 4.34. The molecular weight excluding hydrogens is 197 g/mol. The van der Waals surface area contributed by atoms with Crippen molar-refractivity contribution >= 4 is 23.2 Å². The summed E-state index contributed by atoms with van der Waals surface area (Å²) in [7, 11) is 0. The van der Waals surface area contributed by atoms with Crippen LogP contribution in [0.15, 0.2) is 12.1 Å². The second kappa shape index (κ2) is 3.13. The predicted molar refractivity (Wildman–Crippen MR) is 48.8 cm³/mol. The Morgan fingerprint density at radius 2 is 2.17 bits per heavy atom. The van der Waals surface area contributed by atoms with E-state index in [2.05, 4.69) is 5.32 Å². The minimum absolute atomic E-state index is 0.508. The van der Waals surface area contributed by atoms with E-state index < -0.39 is 0 Å². The molecule has 0 saturated heterocycles. The molecule has 0 saturated carbocycles. The van der Waals surface area contributed by atoms with E-state index in [-0.39, 0.29) is 0 Å². The van der Waals surface area contributed by atoms with Gasteiger partial charge in [0.1, 0.15) is 12.5 Å². The van der Waals surface area contributed by atoms with E-state index in [9.17, 15) is 0 Å². The maximum atomic E-state index is 5.91. The molecule has 0 amide bonds. The number of benzene rings is 1. The highest BCUT2D eigenvalue weighted by Gasteiger charge is 2.13. The molecule has 1 aliphatic rings. The van der Waals surface area contributed by atoms with Crippen molar-refractivity contribution in [3.8, 4) is 5.75 Å². The second-order valence-electron chi connectivity index (χ2n) is 2.59. The maximum absolute atomic E-state index is 5.91. The highest BCUT2D eigenvalue weighted by atomic mass is 35.5. The predicted octanol–water partition coefficient (Wildman–Crippen LogP) is 2.43. The van der Waals surface area contributed by atoms with Crippen LogP contribution >= 0.6 is 23.2 Å². The van der Waals surface area contributed by atoms with Crippen molar-refractivity contribution < 1.29 is 4.74 Å². The minimum atomic E-state index is 0.508. The number of hydrogen-bond donors (Lipinski definition) is 1. The van der Waals surface area contributed by atoms with Gasteiger partial charge in [-0.3, -0.25) is 5.32 Å². The summed E-state index contributed by atoms with van der Waals surface area (Å²) in [6.45, 7) is 1.27. The smallest absolute Gasteiger partial charge is 0.144 e. The monoisotopic (exact) mass is 203 g/mol. The fourth-order valence-corrected chi connectivity index (χ4v) is 1.81. The molecular formula is C8H7Cl2NO. The van der Waals surface area contributed by atoms with E-state index in [0.717, 1.165) is 17.9 Å². The van der Waals surface area contributed by atoms with Gasteiger partial charge in [0, 0.05) is 17.1 Å². The van der Waals surface area contributed by atoms with Gasteiger partial charge in [-0.25, -0.2) is 0 Å². The molecule has 0 aliphatic carbocycles. The Morgan fingerprint density at radius 3 is 3.00 bits per heavy atom. The van der Waals surface area contributed by atoms with Crippen molar-refractivity contribution in [3.05, 3.63) is 27.7 Å². The van der Waals surface area contributed by atoms with Gasteiger partial charge in [-0.2, -0.15) is 0 Å². The molecule has 1 N–H and O–H groups in total. The highest BCUT2D eigenvalue weighted by Crippen LogP contribution is 2.33. The van der Waals surface area contributed by atoms with Crippen molar-refractivity contribution in [2.45, 2.75) is 6.54 Å². The van der Waals surface area contributed by atoms with Crippen LogP contribution in [0.3, 0.4) is 0 Å². The van der Waals surface area contributed by atoms with Crippen LogP contribution in [0.25, 0.3) is 0 Å². The highest BCUT2D eigenvalue weighted by molar-refractivity contribution is 6.35. The molecule has 1 aromatic carbocycles. The third-order valence-corrected chi connectivity index (χ3v) is 2.22. The molecule has 0 spiro atoms. The first-order valence-electron chi connectivity index (χ1n) is 3.59. The lowest BCUT2D eigenvalue weighted by molar-refractivity contribution is 0.257. The van der Waals surface area contributed by atoms with Gasteiger partial charge in [0.2, 0.25) is 0 Å². The van der Waals surface area contributed by atoms with Gasteiger partial charge in [0.25, 0.3) is 0 Å². The number of rotatable bonds is 0. The molecule has 0 atom stereocenters. The molecule has 1 aromatic rings. The maximum Gasteiger partial charge on any atom is 0.144 e. The molecule has 64 valence electrons. The van der Waals surface area contributed by atoms with Crippen LogP contribution in [0.1, 0.15) is 5.56 Å². The fourth-order valence-electron chi connectivity index (χ4n) is 1.22. The summed E-state index contributed by atoms with van der Waals surface area (Å²) in [6.07, 6.45) is 0. The zero-order valence-corrected chi connectivity index (χ0v) is 7.74. The number of fused-ring (bicyclic) bond motifs is 1. The van der Waals surface area contributed by atoms with Gasteiger partial charge in [-0.1, -0.05) is 23.2 Å². The molecule has 1 heterocycles. The summed E-state index contributed by atoms with van der Waals surface area (Å²) in [5, 5.41) is 4.28. The Kier molecular flexibility index (Phi) is 2.13. The lowest BCUT2D eigenvalue weighted by atomic mass is 10.2. The number of hydrogen-bond acceptors (Lipinski definition) is 2. The lowest BCUT2D eigenvalue weighted by Gasteiger charge is -2.19. The van der Waals surface area contributed by atoms with Gasteiger partial charge >= 0.3 is 0 Å². The van der Waals surface area contributed by atoms with Crippen LogP contribution in [0.2, 0.25) is 10.0 Å². The molecule has 1 aliphatic heterocycles. The topological polar surface area (TPSA) is 21.3 Å². The third-order valence-electron chi connectivity index (χ3n) is 1.72. The van der Waals surface area contributed by atoms with Crippen molar-refractivity contribution in [1.29, 1.82) is 0 Å². The van der Waals surface area contributed by atoms with Crippen LogP contribution < -0.4 is 10.1 Å². The van der Waals surface area contributed by atoms with E-state index in [0.29, 0.717) is 16.8 Å². The molecule has 2 nitrogen and oxygen atoms in total. The third kappa shape index (κ3) is 1.38. The van der Waals surface area contributed by atoms with Crippen LogP contribution in [0.4, 0.5) is 0 Å². The van der Waals surface area contributed by atoms with Crippen LogP contribution in [-0.2, 0) is 6.54 Å². The van der Waals surface area contributed by atoms with E-state index in [1.54, 1.807) is 6.07 Å². The average Bonchev–Trinajstić information content (AvgIpc) is 2.04. The molecule has 0 radical (unpaired) electrons. The van der Waals surface area contributed by atoms with E-state index in [4.69, 9.17) is 27.9 Å². The van der Waals surface area contributed by atoms with Crippen LogP contribution in [-0.4, -0.2) is 6.73 Å². The molecule has 4 heteroatoms. The Balaban J connectivity index is 2.53. The van der Waals surface area contributed by atoms with Crippen molar-refractivity contribution in [2.75, 3.05) is 6.73 Å². The van der Waals surface area contributed by atoms with Gasteiger partial charge < -0.3 is 4.74 Å². The van der Waals surface area contributed by atoms with E-state index in [1.807, 2.05) is 6.07 Å². The van der Waals surface area contributed by atoms with E-state index in [1.165, 1.54) is 0 Å². The molecule has 0 aromatic heterocycles. The zero-order valence-electron chi connectivity index (χ0n) is 6.23. The van der Waals surface area contributed by atoms with Gasteiger partial charge in [-0.05, 0) is 12.1 Å². The van der Waals surface area contributed by atoms with Crippen molar-refractivity contribution in [2.24, 2.45) is 0 Å². The van der Waals surface area contributed by atoms with Crippen LogP contribution in [0, 0.1) is 0 Å². The van der Waals surface area contributed by atoms with Crippen LogP contribution in [0.5, 0.6) is 5.75 Å². The zero-order chi connectivity index (χ0) is 8.55. The van der Waals surface area contributed by atoms with Gasteiger partial charge in [-0.15, -0.1) is 0 Å². The number of halogens is 2. The molecule has 2 rings (SSSR count). The fraction of sp³-hybridized carbons (Fsp3) is 0.250. The summed E-state index contributed by atoms with van der Waals surface area (Å²) < 4.78 is 5.31. The first-order chi connectivity index (χ1) is 5.77. The first kappa shape index (κ1) is 8.17. The number of ether oxygens (including phenoxy) is 1. The summed E-state index contributed by atoms with van der Waals surface area (Å²) >= 11 is 11.7. The summed E-state index contributed by atoms with van der Waals surface area (Å²) in [4.78, 5) is 0. The summed E-state index contributed by atoms with van der Waals surface area (Å²) in [5.74, 6) is 0.750. The molecule has 0 unspecified atom stereocenters. The van der Waals surface area contributed by atoms with Crippen molar-refractivity contribution in [1.82, 2.24) is 5.32 Å².